The summed E-state index contributed by atoms with van der Waals surface area (Å²) in [6, 6.07) is 5.61. The van der Waals surface area contributed by atoms with Gasteiger partial charge in [-0.1, -0.05) is 49.9 Å². The molecule has 1 aromatic rings. The van der Waals surface area contributed by atoms with Gasteiger partial charge in [0.25, 0.3) is 0 Å². The van der Waals surface area contributed by atoms with Crippen LogP contribution in [0.15, 0.2) is 18.2 Å². The lowest BCUT2D eigenvalue weighted by Crippen LogP contribution is -2.25. The van der Waals surface area contributed by atoms with E-state index in [9.17, 15) is 0 Å². The number of hydrogen-bond acceptors (Lipinski definition) is 0. The summed E-state index contributed by atoms with van der Waals surface area (Å²) in [4.78, 5) is 0. The highest BCUT2D eigenvalue weighted by molar-refractivity contribution is 6.34. The zero-order valence-electron chi connectivity index (χ0n) is 11.6. The van der Waals surface area contributed by atoms with Gasteiger partial charge in [-0.05, 0) is 54.4 Å². The van der Waals surface area contributed by atoms with Gasteiger partial charge in [-0.2, -0.15) is 0 Å². The van der Waals surface area contributed by atoms with Crippen LogP contribution >= 0.6 is 34.8 Å². The molecule has 1 aliphatic rings. The minimum atomic E-state index is -0.0383. The summed E-state index contributed by atoms with van der Waals surface area (Å²) < 4.78 is 0. The van der Waals surface area contributed by atoms with E-state index in [1.54, 1.807) is 0 Å². The lowest BCUT2D eigenvalue weighted by molar-refractivity contribution is 0.223. The van der Waals surface area contributed by atoms with Crippen LogP contribution in [0.1, 0.15) is 56.9 Å². The molecule has 0 bridgehead atoms. The molecule has 2 rings (SSSR count). The molecule has 0 nitrogen and oxygen atoms in total. The Morgan fingerprint density at radius 1 is 1.16 bits per heavy atom. The van der Waals surface area contributed by atoms with E-state index >= 15 is 0 Å². The number of hydrogen-bond donors (Lipinski definition) is 0. The SMILES string of the molecule is CC(C)CC1(C(Cl)c2cc(Cl)ccc2Cl)CCCC1. The van der Waals surface area contributed by atoms with E-state index in [4.69, 9.17) is 34.8 Å². The highest BCUT2D eigenvalue weighted by atomic mass is 35.5. The zero-order chi connectivity index (χ0) is 14.0. The maximum atomic E-state index is 6.85. The molecule has 0 saturated heterocycles. The summed E-state index contributed by atoms with van der Waals surface area (Å²) in [5.74, 6) is 0.650. The molecule has 1 saturated carbocycles. The standard InChI is InChI=1S/C16H21Cl3/c1-11(2)10-16(7-3-4-8-16)15(19)13-9-12(17)5-6-14(13)18/h5-6,9,11,15H,3-4,7-8,10H2,1-2H3. The van der Waals surface area contributed by atoms with Gasteiger partial charge in [0.2, 0.25) is 0 Å². The van der Waals surface area contributed by atoms with Crippen LogP contribution in [0.25, 0.3) is 0 Å². The fourth-order valence-corrected chi connectivity index (χ4v) is 4.44. The molecule has 0 heterocycles. The molecule has 0 aliphatic heterocycles. The molecule has 1 aliphatic carbocycles. The Bertz CT molecular complexity index is 434. The maximum absolute atomic E-state index is 6.85. The molecule has 0 radical (unpaired) electrons. The van der Waals surface area contributed by atoms with Gasteiger partial charge in [-0.25, -0.2) is 0 Å². The van der Waals surface area contributed by atoms with Gasteiger partial charge in [0, 0.05) is 10.0 Å². The first-order valence-corrected chi connectivity index (χ1v) is 8.23. The predicted molar refractivity (Wildman–Crippen MR) is 85.4 cm³/mol. The Morgan fingerprint density at radius 2 is 1.79 bits per heavy atom. The molecule has 0 aromatic heterocycles. The van der Waals surface area contributed by atoms with Gasteiger partial charge in [0.05, 0.1) is 5.38 Å². The molecule has 1 unspecified atom stereocenters. The lowest BCUT2D eigenvalue weighted by Gasteiger charge is -2.36. The van der Waals surface area contributed by atoms with Crippen molar-refractivity contribution in [2.45, 2.75) is 51.3 Å². The molecule has 19 heavy (non-hydrogen) atoms. The predicted octanol–water partition coefficient (Wildman–Crippen LogP) is 6.88. The Balaban J connectivity index is 2.33. The van der Waals surface area contributed by atoms with Crippen molar-refractivity contribution in [1.29, 1.82) is 0 Å². The quantitative estimate of drug-likeness (QED) is 0.531. The van der Waals surface area contributed by atoms with Gasteiger partial charge >= 0.3 is 0 Å². The first kappa shape index (κ1) is 15.5. The highest BCUT2D eigenvalue weighted by Crippen LogP contribution is 2.55. The van der Waals surface area contributed by atoms with Crippen LogP contribution in [0.3, 0.4) is 0 Å². The van der Waals surface area contributed by atoms with Gasteiger partial charge in [0.1, 0.15) is 0 Å². The van der Waals surface area contributed by atoms with E-state index in [0.29, 0.717) is 10.9 Å². The molecule has 0 spiro atoms. The molecule has 1 fully saturated rings. The molecular formula is C16H21Cl3. The van der Waals surface area contributed by atoms with Gasteiger partial charge in [0.15, 0.2) is 0 Å². The molecule has 106 valence electrons. The van der Waals surface area contributed by atoms with E-state index in [2.05, 4.69) is 13.8 Å². The van der Waals surface area contributed by atoms with Crippen molar-refractivity contribution in [1.82, 2.24) is 0 Å². The van der Waals surface area contributed by atoms with Crippen LogP contribution < -0.4 is 0 Å². The van der Waals surface area contributed by atoms with Gasteiger partial charge < -0.3 is 0 Å². The molecule has 1 atom stereocenters. The Hall–Kier alpha value is 0.0900. The molecule has 1 aromatic carbocycles. The van der Waals surface area contributed by atoms with Crippen LogP contribution in [-0.4, -0.2) is 0 Å². The van der Waals surface area contributed by atoms with Crippen molar-refractivity contribution in [2.24, 2.45) is 11.3 Å². The van der Waals surface area contributed by atoms with Crippen LogP contribution in [0, 0.1) is 11.3 Å². The monoisotopic (exact) mass is 318 g/mol. The molecule has 0 amide bonds. The van der Waals surface area contributed by atoms with E-state index in [0.717, 1.165) is 17.0 Å². The van der Waals surface area contributed by atoms with Gasteiger partial charge in [-0.15, -0.1) is 11.6 Å². The molecule has 3 heteroatoms. The smallest absolute Gasteiger partial charge is 0.0656 e. The van der Waals surface area contributed by atoms with E-state index in [-0.39, 0.29) is 10.8 Å². The maximum Gasteiger partial charge on any atom is 0.0656 e. The second-order valence-corrected chi connectivity index (χ2v) is 7.48. The first-order chi connectivity index (χ1) is 8.94. The van der Waals surface area contributed by atoms with Crippen LogP contribution in [0.2, 0.25) is 10.0 Å². The van der Waals surface area contributed by atoms with E-state index < -0.39 is 0 Å². The fraction of sp³-hybridized carbons (Fsp3) is 0.625. The third-order valence-corrected chi connectivity index (χ3v) is 5.46. The summed E-state index contributed by atoms with van der Waals surface area (Å²) in [6.07, 6.45) is 6.09. The average Bonchev–Trinajstić information content (AvgIpc) is 2.80. The Morgan fingerprint density at radius 3 is 2.37 bits per heavy atom. The van der Waals surface area contributed by atoms with Gasteiger partial charge in [-0.3, -0.25) is 0 Å². The van der Waals surface area contributed by atoms with E-state index in [1.807, 2.05) is 18.2 Å². The minimum absolute atomic E-state index is 0.0383. The minimum Gasteiger partial charge on any atom is -0.117 e. The zero-order valence-corrected chi connectivity index (χ0v) is 13.8. The first-order valence-electron chi connectivity index (χ1n) is 7.04. The van der Waals surface area contributed by atoms with Crippen LogP contribution in [-0.2, 0) is 0 Å². The van der Waals surface area contributed by atoms with Crippen molar-refractivity contribution in [3.8, 4) is 0 Å². The average molecular weight is 320 g/mol. The van der Waals surface area contributed by atoms with Crippen molar-refractivity contribution in [3.05, 3.63) is 33.8 Å². The van der Waals surface area contributed by atoms with Crippen molar-refractivity contribution in [2.75, 3.05) is 0 Å². The summed E-state index contributed by atoms with van der Waals surface area (Å²) in [6.45, 7) is 4.53. The summed E-state index contributed by atoms with van der Waals surface area (Å²) >= 11 is 19.3. The highest BCUT2D eigenvalue weighted by Gasteiger charge is 2.42. The Labute approximate surface area is 131 Å². The number of halogens is 3. The third kappa shape index (κ3) is 3.40. The topological polar surface area (TPSA) is 0 Å². The fourth-order valence-electron chi connectivity index (χ4n) is 3.49. The largest absolute Gasteiger partial charge is 0.117 e. The summed E-state index contributed by atoms with van der Waals surface area (Å²) in [5, 5.41) is 1.41. The number of alkyl halides is 1. The second kappa shape index (κ2) is 6.24. The summed E-state index contributed by atoms with van der Waals surface area (Å²) in [7, 11) is 0. The Kier molecular flexibility index (Phi) is 5.09. The van der Waals surface area contributed by atoms with E-state index in [1.165, 1.54) is 25.7 Å². The normalized spacial score (nSPS) is 19.9. The lowest BCUT2D eigenvalue weighted by atomic mass is 9.73. The van der Waals surface area contributed by atoms with Crippen LogP contribution in [0.4, 0.5) is 0 Å². The van der Waals surface area contributed by atoms with Crippen LogP contribution in [0.5, 0.6) is 0 Å². The molecule has 0 N–H and O–H groups in total. The summed E-state index contributed by atoms with van der Waals surface area (Å²) in [5.41, 5.74) is 1.18. The number of rotatable bonds is 4. The van der Waals surface area contributed by atoms with Crippen molar-refractivity contribution < 1.29 is 0 Å². The molecular weight excluding hydrogens is 299 g/mol. The second-order valence-electron chi connectivity index (χ2n) is 6.20. The van der Waals surface area contributed by atoms with Crippen molar-refractivity contribution >= 4 is 34.8 Å². The van der Waals surface area contributed by atoms with Crippen molar-refractivity contribution in [3.63, 3.8) is 0 Å². The number of benzene rings is 1. The third-order valence-electron chi connectivity index (χ3n) is 4.18.